The van der Waals surface area contributed by atoms with Gasteiger partial charge >= 0.3 is 0 Å². The molecule has 1 atom stereocenters. The Bertz CT molecular complexity index is 1430. The number of likely N-dealkylation sites (N-methyl/N-ethyl adjacent to an activating group) is 1. The van der Waals surface area contributed by atoms with Crippen LogP contribution in [0.1, 0.15) is 23.6 Å². The molecule has 1 N–H and O–H groups in total. The standard InChI is InChI=1S/C27H28Cl3N3O4S/c1-17-11-13-20(14-12-17)38(36,37)33(25-10-6-7-22(28)18(25)2)16-26(34)32(19(3)27(35)31-4)15-21-23(29)8-5-9-24(21)30/h5-14,19H,15-16H2,1-4H3,(H,31,35)/t19-/m0/s1. The van der Waals surface area contributed by atoms with E-state index in [4.69, 9.17) is 34.8 Å². The molecule has 0 fully saturated rings. The van der Waals surface area contributed by atoms with Gasteiger partial charge in [-0.25, -0.2) is 8.42 Å². The molecule has 3 aromatic rings. The molecule has 0 aliphatic rings. The van der Waals surface area contributed by atoms with Crippen molar-refractivity contribution in [2.45, 2.75) is 38.3 Å². The molecule has 0 aliphatic carbocycles. The van der Waals surface area contributed by atoms with E-state index in [1.165, 1.54) is 24.1 Å². The molecular weight excluding hydrogens is 569 g/mol. The highest BCUT2D eigenvalue weighted by Gasteiger charge is 2.33. The van der Waals surface area contributed by atoms with Gasteiger partial charge in [-0.2, -0.15) is 0 Å². The lowest BCUT2D eigenvalue weighted by molar-refractivity contribution is -0.139. The molecule has 0 heterocycles. The molecule has 3 aromatic carbocycles. The number of anilines is 1. The molecule has 202 valence electrons. The number of amides is 2. The lowest BCUT2D eigenvalue weighted by atomic mass is 10.1. The van der Waals surface area contributed by atoms with E-state index in [1.807, 2.05) is 6.92 Å². The quantitative estimate of drug-likeness (QED) is 0.347. The number of aryl methyl sites for hydroxylation is 1. The highest BCUT2D eigenvalue weighted by molar-refractivity contribution is 7.92. The van der Waals surface area contributed by atoms with Crippen molar-refractivity contribution in [2.24, 2.45) is 0 Å². The van der Waals surface area contributed by atoms with E-state index in [0.29, 0.717) is 26.2 Å². The third-order valence-corrected chi connectivity index (χ3v) is 9.09. The number of benzene rings is 3. The van der Waals surface area contributed by atoms with Crippen LogP contribution in [0.25, 0.3) is 0 Å². The van der Waals surface area contributed by atoms with Gasteiger partial charge in [0.15, 0.2) is 0 Å². The summed E-state index contributed by atoms with van der Waals surface area (Å²) in [5.41, 5.74) is 2.05. The SMILES string of the molecule is CNC(=O)[C@H](C)N(Cc1c(Cl)cccc1Cl)C(=O)CN(c1cccc(Cl)c1C)S(=O)(=O)c1ccc(C)cc1. The van der Waals surface area contributed by atoms with Crippen LogP contribution in [-0.2, 0) is 26.2 Å². The van der Waals surface area contributed by atoms with Crippen LogP contribution >= 0.6 is 34.8 Å². The number of carbonyl (C=O) groups is 2. The molecule has 11 heteroatoms. The topological polar surface area (TPSA) is 86.8 Å². The van der Waals surface area contributed by atoms with Crippen LogP contribution in [0.3, 0.4) is 0 Å². The van der Waals surface area contributed by atoms with Crippen LogP contribution in [0.15, 0.2) is 65.6 Å². The van der Waals surface area contributed by atoms with Crippen LogP contribution in [0, 0.1) is 13.8 Å². The molecule has 7 nitrogen and oxygen atoms in total. The number of nitrogens with zero attached hydrogens (tertiary/aromatic N) is 2. The molecule has 0 bridgehead atoms. The van der Waals surface area contributed by atoms with Crippen molar-refractivity contribution in [3.63, 3.8) is 0 Å². The predicted molar refractivity (Wildman–Crippen MR) is 152 cm³/mol. The third-order valence-electron chi connectivity index (χ3n) is 6.20. The molecule has 0 spiro atoms. The maximum Gasteiger partial charge on any atom is 0.264 e. The van der Waals surface area contributed by atoms with Crippen molar-refractivity contribution in [3.8, 4) is 0 Å². The highest BCUT2D eigenvalue weighted by Crippen LogP contribution is 2.32. The molecule has 38 heavy (non-hydrogen) atoms. The lowest BCUT2D eigenvalue weighted by Gasteiger charge is -2.32. The predicted octanol–water partition coefficient (Wildman–Crippen LogP) is 5.62. The number of sulfonamides is 1. The van der Waals surface area contributed by atoms with Crippen LogP contribution < -0.4 is 9.62 Å². The first-order valence-electron chi connectivity index (χ1n) is 11.7. The smallest absolute Gasteiger partial charge is 0.264 e. The van der Waals surface area contributed by atoms with Crippen LogP contribution in [0.4, 0.5) is 5.69 Å². The zero-order chi connectivity index (χ0) is 28.2. The Hall–Kier alpha value is -2.78. The Balaban J connectivity index is 2.11. The van der Waals surface area contributed by atoms with Crippen molar-refractivity contribution < 1.29 is 18.0 Å². The molecule has 0 saturated heterocycles. The molecule has 3 rings (SSSR count). The van der Waals surface area contributed by atoms with Gasteiger partial charge in [-0.3, -0.25) is 13.9 Å². The van der Waals surface area contributed by atoms with Crippen molar-refractivity contribution in [1.29, 1.82) is 0 Å². The lowest BCUT2D eigenvalue weighted by Crippen LogP contribution is -2.50. The van der Waals surface area contributed by atoms with Gasteiger partial charge in [-0.15, -0.1) is 0 Å². The summed E-state index contributed by atoms with van der Waals surface area (Å²) in [6, 6.07) is 15.1. The monoisotopic (exact) mass is 595 g/mol. The van der Waals surface area contributed by atoms with E-state index >= 15 is 0 Å². The number of hydrogen-bond acceptors (Lipinski definition) is 4. The molecule has 0 aromatic heterocycles. The maximum atomic E-state index is 13.9. The molecule has 0 aliphatic heterocycles. The molecule has 0 unspecified atom stereocenters. The van der Waals surface area contributed by atoms with Crippen LogP contribution in [0.2, 0.25) is 15.1 Å². The van der Waals surface area contributed by atoms with E-state index in [1.54, 1.807) is 62.4 Å². The van der Waals surface area contributed by atoms with Crippen molar-refractivity contribution in [3.05, 3.63) is 92.4 Å². The summed E-state index contributed by atoms with van der Waals surface area (Å²) in [6.45, 7) is 4.36. The first kappa shape index (κ1) is 29.8. The van der Waals surface area contributed by atoms with Crippen molar-refractivity contribution in [1.82, 2.24) is 10.2 Å². The zero-order valence-corrected chi connectivity index (χ0v) is 24.4. The van der Waals surface area contributed by atoms with E-state index in [2.05, 4.69) is 5.32 Å². The largest absolute Gasteiger partial charge is 0.357 e. The average Bonchev–Trinajstić information content (AvgIpc) is 2.88. The summed E-state index contributed by atoms with van der Waals surface area (Å²) >= 11 is 19.0. The second-order valence-corrected chi connectivity index (χ2v) is 11.8. The molecule has 0 radical (unpaired) electrons. The first-order valence-corrected chi connectivity index (χ1v) is 14.2. The van der Waals surface area contributed by atoms with Gasteiger partial charge < -0.3 is 10.2 Å². The van der Waals surface area contributed by atoms with Gasteiger partial charge in [0.1, 0.15) is 12.6 Å². The summed E-state index contributed by atoms with van der Waals surface area (Å²) in [6.07, 6.45) is 0. The summed E-state index contributed by atoms with van der Waals surface area (Å²) in [7, 11) is -2.75. The zero-order valence-electron chi connectivity index (χ0n) is 21.3. The van der Waals surface area contributed by atoms with Gasteiger partial charge in [0.2, 0.25) is 11.8 Å². The van der Waals surface area contributed by atoms with Crippen LogP contribution in [-0.4, -0.2) is 44.8 Å². The Morgan fingerprint density at radius 1 is 0.895 bits per heavy atom. The summed E-state index contributed by atoms with van der Waals surface area (Å²) < 4.78 is 28.8. The first-order chi connectivity index (χ1) is 17.9. The minimum absolute atomic E-state index is 0.00956. The van der Waals surface area contributed by atoms with Gasteiger partial charge in [0.25, 0.3) is 10.0 Å². The van der Waals surface area contributed by atoms with Crippen molar-refractivity contribution in [2.75, 3.05) is 17.9 Å². The Kier molecular flexibility index (Phi) is 9.70. The molecular formula is C27H28Cl3N3O4S. The fraction of sp³-hybridized carbons (Fsp3) is 0.259. The Labute approximate surface area is 238 Å². The van der Waals surface area contributed by atoms with E-state index < -0.39 is 34.4 Å². The van der Waals surface area contributed by atoms with E-state index in [9.17, 15) is 18.0 Å². The van der Waals surface area contributed by atoms with E-state index in [-0.39, 0.29) is 17.1 Å². The molecule has 2 amide bonds. The van der Waals surface area contributed by atoms with E-state index in [0.717, 1.165) is 9.87 Å². The normalized spacial score (nSPS) is 12.1. The minimum Gasteiger partial charge on any atom is -0.357 e. The van der Waals surface area contributed by atoms with Gasteiger partial charge in [-0.05, 0) is 62.7 Å². The minimum atomic E-state index is -4.20. The summed E-state index contributed by atoms with van der Waals surface area (Å²) in [5.74, 6) is -1.07. The van der Waals surface area contributed by atoms with Gasteiger partial charge in [-0.1, -0.05) is 64.6 Å². The second kappa shape index (κ2) is 12.4. The Morgan fingerprint density at radius 2 is 1.45 bits per heavy atom. The summed E-state index contributed by atoms with van der Waals surface area (Å²) in [4.78, 5) is 27.7. The number of hydrogen-bond donors (Lipinski definition) is 1. The third kappa shape index (κ3) is 6.43. The molecule has 0 saturated carbocycles. The average molecular weight is 597 g/mol. The maximum absolute atomic E-state index is 13.9. The fourth-order valence-corrected chi connectivity index (χ4v) is 6.02. The highest BCUT2D eigenvalue weighted by atomic mass is 35.5. The van der Waals surface area contributed by atoms with Gasteiger partial charge in [0.05, 0.1) is 10.6 Å². The Morgan fingerprint density at radius 3 is 2.03 bits per heavy atom. The number of nitrogens with one attached hydrogen (secondary N) is 1. The van der Waals surface area contributed by atoms with Crippen LogP contribution in [0.5, 0.6) is 0 Å². The second-order valence-electron chi connectivity index (χ2n) is 8.72. The number of rotatable bonds is 9. The van der Waals surface area contributed by atoms with Gasteiger partial charge in [0, 0.05) is 34.2 Å². The number of carbonyl (C=O) groups excluding carboxylic acids is 2. The van der Waals surface area contributed by atoms with Crippen molar-refractivity contribution >= 4 is 62.3 Å². The summed E-state index contributed by atoms with van der Waals surface area (Å²) in [5, 5.41) is 3.50. The fourth-order valence-electron chi connectivity index (χ4n) is 3.86. The number of halogens is 3.